The molecule has 10 heteroatoms. The zero-order valence-electron chi connectivity index (χ0n) is 19.9. The van der Waals surface area contributed by atoms with E-state index < -0.39 is 22.0 Å². The number of nitro groups is 1. The molecule has 1 amide bonds. The molecule has 0 unspecified atom stereocenters. The zero-order valence-corrected chi connectivity index (χ0v) is 19.9. The van der Waals surface area contributed by atoms with Crippen molar-refractivity contribution in [3.05, 3.63) is 86.0 Å². The number of halogens is 1. The normalized spacial score (nSPS) is 14.0. The fourth-order valence-electron chi connectivity index (χ4n) is 4.31. The molecule has 9 nitrogen and oxygen atoms in total. The van der Waals surface area contributed by atoms with Gasteiger partial charge in [-0.3, -0.25) is 24.5 Å². The van der Waals surface area contributed by atoms with E-state index in [0.717, 1.165) is 0 Å². The van der Waals surface area contributed by atoms with Crippen molar-refractivity contribution in [3.8, 4) is 0 Å². The lowest BCUT2D eigenvalue weighted by atomic mass is 10.1. The smallest absolute Gasteiger partial charge is 0.269 e. The molecule has 1 aliphatic rings. The van der Waals surface area contributed by atoms with Gasteiger partial charge in [-0.15, -0.1) is 0 Å². The van der Waals surface area contributed by atoms with E-state index in [-0.39, 0.29) is 22.5 Å². The van der Waals surface area contributed by atoms with Crippen LogP contribution >= 0.6 is 0 Å². The number of aromatic nitrogens is 1. The predicted molar refractivity (Wildman–Crippen MR) is 135 cm³/mol. The van der Waals surface area contributed by atoms with E-state index in [1.165, 1.54) is 55.6 Å². The van der Waals surface area contributed by atoms with Gasteiger partial charge in [0, 0.05) is 63.4 Å². The van der Waals surface area contributed by atoms with Crippen molar-refractivity contribution in [2.75, 3.05) is 31.1 Å². The number of amides is 1. The third kappa shape index (κ3) is 4.88. The van der Waals surface area contributed by atoms with Crippen molar-refractivity contribution >= 4 is 40.0 Å². The Kier molecular flexibility index (Phi) is 6.96. The molecule has 0 radical (unpaired) electrons. The number of anilines is 1. The first-order chi connectivity index (χ1) is 17.2. The van der Waals surface area contributed by atoms with Gasteiger partial charge in [-0.1, -0.05) is 6.08 Å². The summed E-state index contributed by atoms with van der Waals surface area (Å²) in [5.41, 5.74) is 0.699. The number of nitro benzene ring substituents is 1. The summed E-state index contributed by atoms with van der Waals surface area (Å²) in [7, 11) is 0. The van der Waals surface area contributed by atoms with E-state index in [9.17, 15) is 24.5 Å². The lowest BCUT2D eigenvalue weighted by Crippen LogP contribution is -2.48. The second-order valence-corrected chi connectivity index (χ2v) is 8.52. The van der Waals surface area contributed by atoms with Crippen molar-refractivity contribution < 1.29 is 18.9 Å². The van der Waals surface area contributed by atoms with Gasteiger partial charge >= 0.3 is 0 Å². The van der Waals surface area contributed by atoms with Gasteiger partial charge in [-0.05, 0) is 42.8 Å². The molecular weight excluding hydrogens is 467 g/mol. The number of non-ortho nitro benzene ring substituents is 1. The largest absolute Gasteiger partial charge is 0.366 e. The number of hydrogen-bond acceptors (Lipinski definition) is 6. The summed E-state index contributed by atoms with van der Waals surface area (Å²) in [6.45, 7) is 5.74. The third-order valence-corrected chi connectivity index (χ3v) is 6.35. The highest BCUT2D eigenvalue weighted by Crippen LogP contribution is 2.26. The van der Waals surface area contributed by atoms with Crippen LogP contribution in [0.4, 0.5) is 15.8 Å². The van der Waals surface area contributed by atoms with E-state index in [4.69, 9.17) is 0 Å². The molecule has 1 aliphatic heterocycles. The fraction of sp³-hybridized carbons (Fsp3) is 0.269. The molecule has 2 aromatic carbocycles. The minimum absolute atomic E-state index is 0.0201. The number of aryl methyl sites for hydroxylation is 1. The summed E-state index contributed by atoms with van der Waals surface area (Å²) >= 11 is 0. The first-order valence-corrected chi connectivity index (χ1v) is 11.5. The van der Waals surface area contributed by atoms with Gasteiger partial charge in [0.05, 0.1) is 21.7 Å². The summed E-state index contributed by atoms with van der Waals surface area (Å²) < 4.78 is 16.9. The maximum Gasteiger partial charge on any atom is 0.269 e. The average molecular weight is 493 g/mol. The minimum Gasteiger partial charge on any atom is -0.366 e. The van der Waals surface area contributed by atoms with Crippen LogP contribution in [0.25, 0.3) is 17.0 Å². The number of carbonyl (C=O) groups is 2. The van der Waals surface area contributed by atoms with Crippen LogP contribution in [-0.2, 0) is 11.3 Å². The maximum absolute atomic E-state index is 15.1. The van der Waals surface area contributed by atoms with Crippen LogP contribution in [0.3, 0.4) is 0 Å². The minimum atomic E-state index is -0.570. The first kappa shape index (κ1) is 24.8. The van der Waals surface area contributed by atoms with Crippen LogP contribution in [0.15, 0.2) is 53.5 Å². The number of benzene rings is 2. The molecule has 2 heterocycles. The molecule has 0 saturated carbocycles. The van der Waals surface area contributed by atoms with Crippen molar-refractivity contribution in [1.82, 2.24) is 9.47 Å². The summed E-state index contributed by atoms with van der Waals surface area (Å²) in [5, 5.41) is 10.9. The highest BCUT2D eigenvalue weighted by molar-refractivity contribution is 6.08. The molecule has 0 atom stereocenters. The second kappa shape index (κ2) is 10.1. The molecule has 1 saturated heterocycles. The summed E-state index contributed by atoms with van der Waals surface area (Å²) in [6, 6.07) is 8.45. The molecule has 0 aliphatic carbocycles. The summed E-state index contributed by atoms with van der Waals surface area (Å²) in [4.78, 5) is 51.5. The molecule has 3 aromatic rings. The number of carbonyl (C=O) groups excluding carboxylic acids is 2. The van der Waals surface area contributed by atoms with Crippen LogP contribution in [0.1, 0.15) is 29.8 Å². The van der Waals surface area contributed by atoms with Gasteiger partial charge in [0.15, 0.2) is 5.78 Å². The van der Waals surface area contributed by atoms with Crippen LogP contribution in [0.2, 0.25) is 0 Å². The Morgan fingerprint density at radius 2 is 1.78 bits per heavy atom. The SMILES string of the molecule is CCn1cc(C(=O)C=Cc2ccc([N+](=O)[O-])cc2)c(=O)c2cc(F)c(N3CCN(C(C)=O)CC3)cc21. The van der Waals surface area contributed by atoms with Crippen LogP contribution < -0.4 is 10.3 Å². The number of pyridine rings is 1. The Morgan fingerprint density at radius 1 is 1.11 bits per heavy atom. The Hall–Kier alpha value is -4.34. The van der Waals surface area contributed by atoms with Crippen molar-refractivity contribution in [1.29, 1.82) is 0 Å². The standard InChI is InChI=1S/C26H25FN4O5/c1-3-28-16-21(25(33)9-6-18-4-7-19(8-5-18)31(35)36)26(34)20-14-22(27)24(15-23(20)28)30-12-10-29(11-13-30)17(2)32/h4-9,14-16H,3,10-13H2,1-2H3. The number of piperazine rings is 1. The maximum atomic E-state index is 15.1. The van der Waals surface area contributed by atoms with Crippen molar-refractivity contribution in [3.63, 3.8) is 0 Å². The van der Waals surface area contributed by atoms with E-state index >= 15 is 4.39 Å². The molecule has 0 bridgehead atoms. The molecule has 0 spiro atoms. The summed E-state index contributed by atoms with van der Waals surface area (Å²) in [6.07, 6.45) is 4.17. The van der Waals surface area contributed by atoms with Gasteiger partial charge in [0.2, 0.25) is 11.3 Å². The topological polar surface area (TPSA) is 106 Å². The number of ketones is 1. The molecule has 186 valence electrons. The molecule has 0 N–H and O–H groups in total. The van der Waals surface area contributed by atoms with Gasteiger partial charge < -0.3 is 14.4 Å². The number of hydrogen-bond donors (Lipinski definition) is 0. The van der Waals surface area contributed by atoms with Gasteiger partial charge in [0.25, 0.3) is 5.69 Å². The lowest BCUT2D eigenvalue weighted by Gasteiger charge is -2.36. The van der Waals surface area contributed by atoms with Gasteiger partial charge in [-0.25, -0.2) is 4.39 Å². The number of allylic oxidation sites excluding steroid dienone is 1. The summed E-state index contributed by atoms with van der Waals surface area (Å²) in [5.74, 6) is -1.13. The highest BCUT2D eigenvalue weighted by atomic mass is 19.1. The lowest BCUT2D eigenvalue weighted by molar-refractivity contribution is -0.384. The van der Waals surface area contributed by atoms with E-state index in [1.54, 1.807) is 15.5 Å². The Bertz CT molecular complexity index is 1440. The van der Waals surface area contributed by atoms with Crippen LogP contribution in [-0.4, -0.2) is 52.3 Å². The first-order valence-electron chi connectivity index (χ1n) is 11.5. The average Bonchev–Trinajstić information content (AvgIpc) is 2.87. The van der Waals surface area contributed by atoms with Crippen molar-refractivity contribution in [2.45, 2.75) is 20.4 Å². The molecule has 1 aromatic heterocycles. The molecule has 4 rings (SSSR count). The zero-order chi connectivity index (χ0) is 26.0. The Labute approximate surface area is 206 Å². The fourth-order valence-corrected chi connectivity index (χ4v) is 4.31. The monoisotopic (exact) mass is 492 g/mol. The van der Waals surface area contributed by atoms with E-state index in [2.05, 4.69) is 0 Å². The van der Waals surface area contributed by atoms with Crippen molar-refractivity contribution in [2.24, 2.45) is 0 Å². The van der Waals surface area contributed by atoms with E-state index in [1.807, 2.05) is 11.8 Å². The van der Waals surface area contributed by atoms with Gasteiger partial charge in [-0.2, -0.15) is 0 Å². The van der Waals surface area contributed by atoms with E-state index in [0.29, 0.717) is 49.5 Å². The number of fused-ring (bicyclic) bond motifs is 1. The molecule has 1 fully saturated rings. The second-order valence-electron chi connectivity index (χ2n) is 8.52. The highest BCUT2D eigenvalue weighted by Gasteiger charge is 2.23. The van der Waals surface area contributed by atoms with Crippen LogP contribution in [0.5, 0.6) is 0 Å². The van der Waals surface area contributed by atoms with Crippen LogP contribution in [0, 0.1) is 15.9 Å². The van der Waals surface area contributed by atoms with Gasteiger partial charge in [0.1, 0.15) is 5.82 Å². The molecular formula is C26H25FN4O5. The quantitative estimate of drug-likeness (QED) is 0.225. The number of nitrogens with zero attached hydrogens (tertiary/aromatic N) is 4. The predicted octanol–water partition coefficient (Wildman–Crippen LogP) is 3.63. The Balaban J connectivity index is 1.66. The third-order valence-electron chi connectivity index (χ3n) is 6.35. The Morgan fingerprint density at radius 3 is 2.36 bits per heavy atom. The molecule has 36 heavy (non-hydrogen) atoms. The number of rotatable bonds is 6.